The van der Waals surface area contributed by atoms with Crippen LogP contribution in [-0.4, -0.2) is 20.9 Å². The van der Waals surface area contributed by atoms with Crippen molar-refractivity contribution >= 4 is 17.6 Å². The van der Waals surface area contributed by atoms with Crippen molar-refractivity contribution < 1.29 is 9.90 Å². The van der Waals surface area contributed by atoms with Gasteiger partial charge in [0.1, 0.15) is 5.15 Å². The van der Waals surface area contributed by atoms with Crippen LogP contribution >= 0.6 is 11.6 Å². The first-order valence-electron chi connectivity index (χ1n) is 6.75. The topological polar surface area (TPSA) is 55.1 Å². The summed E-state index contributed by atoms with van der Waals surface area (Å²) in [5.41, 5.74) is 1.57. The quantitative estimate of drug-likeness (QED) is 0.933. The fraction of sp³-hybridized carbons (Fsp3) is 0.333. The number of nitrogens with zero attached hydrogens (tertiary/aromatic N) is 2. The summed E-state index contributed by atoms with van der Waals surface area (Å²) in [7, 11) is 0. The highest BCUT2D eigenvalue weighted by molar-refractivity contribution is 6.31. The molecule has 104 valence electrons. The second-order valence-electron chi connectivity index (χ2n) is 5.09. The molecule has 1 fully saturated rings. The molecule has 1 aromatic heterocycles. The molecule has 4 nitrogen and oxygen atoms in total. The molecule has 1 saturated carbocycles. The van der Waals surface area contributed by atoms with Crippen LogP contribution in [0, 0.1) is 0 Å². The van der Waals surface area contributed by atoms with E-state index in [0.29, 0.717) is 10.7 Å². The van der Waals surface area contributed by atoms with E-state index < -0.39 is 5.97 Å². The van der Waals surface area contributed by atoms with Gasteiger partial charge < -0.3 is 5.11 Å². The van der Waals surface area contributed by atoms with Gasteiger partial charge in [0.25, 0.3) is 0 Å². The number of carboxylic acid groups (broad SMARTS) is 1. The van der Waals surface area contributed by atoms with E-state index in [-0.39, 0.29) is 11.6 Å². The van der Waals surface area contributed by atoms with Crippen LogP contribution in [0.3, 0.4) is 0 Å². The Morgan fingerprint density at radius 1 is 1.25 bits per heavy atom. The number of carboxylic acids is 1. The van der Waals surface area contributed by atoms with Gasteiger partial charge in [-0.1, -0.05) is 42.6 Å². The number of benzene rings is 1. The molecule has 0 aliphatic heterocycles. The maximum absolute atomic E-state index is 11.4. The van der Waals surface area contributed by atoms with Crippen LogP contribution in [0.25, 0.3) is 5.69 Å². The number of aromatic carboxylic acids is 1. The number of para-hydroxylation sites is 1. The fourth-order valence-electron chi connectivity index (χ4n) is 2.88. The highest BCUT2D eigenvalue weighted by atomic mass is 35.5. The van der Waals surface area contributed by atoms with E-state index in [1.807, 2.05) is 30.3 Å². The number of aromatic nitrogens is 2. The van der Waals surface area contributed by atoms with E-state index in [1.165, 1.54) is 4.68 Å². The Morgan fingerprint density at radius 3 is 2.50 bits per heavy atom. The van der Waals surface area contributed by atoms with Crippen LogP contribution in [-0.2, 0) is 0 Å². The van der Waals surface area contributed by atoms with Gasteiger partial charge in [0.2, 0.25) is 0 Å². The van der Waals surface area contributed by atoms with Gasteiger partial charge in [-0.25, -0.2) is 9.48 Å². The summed E-state index contributed by atoms with van der Waals surface area (Å²) in [5, 5.41) is 14.0. The van der Waals surface area contributed by atoms with Crippen LogP contribution in [0.5, 0.6) is 0 Å². The van der Waals surface area contributed by atoms with Gasteiger partial charge in [0.15, 0.2) is 5.69 Å². The standard InChI is InChI=1S/C15H15ClN2O2/c16-14-12(10-6-4-5-7-10)13(15(19)20)17-18(14)11-8-2-1-3-9-11/h1-3,8-10H,4-7H2,(H,19,20). The molecule has 1 aliphatic rings. The SMILES string of the molecule is O=C(O)c1nn(-c2ccccc2)c(Cl)c1C1CCCC1. The Hall–Kier alpha value is -1.81. The molecule has 0 bridgehead atoms. The van der Waals surface area contributed by atoms with E-state index >= 15 is 0 Å². The summed E-state index contributed by atoms with van der Waals surface area (Å²) in [6.07, 6.45) is 4.22. The van der Waals surface area contributed by atoms with Gasteiger partial charge in [-0.2, -0.15) is 5.10 Å². The summed E-state index contributed by atoms with van der Waals surface area (Å²) < 4.78 is 1.53. The number of hydrogen-bond acceptors (Lipinski definition) is 2. The first kappa shape index (κ1) is 13.2. The van der Waals surface area contributed by atoms with Crippen molar-refractivity contribution in [3.63, 3.8) is 0 Å². The first-order valence-corrected chi connectivity index (χ1v) is 7.13. The fourth-order valence-corrected chi connectivity index (χ4v) is 3.26. The van der Waals surface area contributed by atoms with Gasteiger partial charge in [-0.05, 0) is 30.9 Å². The Morgan fingerprint density at radius 2 is 1.90 bits per heavy atom. The van der Waals surface area contributed by atoms with Crippen molar-refractivity contribution in [3.8, 4) is 5.69 Å². The molecule has 0 radical (unpaired) electrons. The largest absolute Gasteiger partial charge is 0.476 e. The highest BCUT2D eigenvalue weighted by Gasteiger charge is 2.30. The zero-order valence-corrected chi connectivity index (χ0v) is 11.7. The molecule has 1 aromatic carbocycles. The third kappa shape index (κ3) is 2.20. The predicted octanol–water partition coefficient (Wildman–Crippen LogP) is 3.88. The molecule has 1 heterocycles. The Bertz CT molecular complexity index is 631. The van der Waals surface area contributed by atoms with Crippen LogP contribution in [0.2, 0.25) is 5.15 Å². The smallest absolute Gasteiger partial charge is 0.356 e. The van der Waals surface area contributed by atoms with Crippen molar-refractivity contribution in [2.24, 2.45) is 0 Å². The third-order valence-corrected chi connectivity index (χ3v) is 4.19. The molecular weight excluding hydrogens is 276 g/mol. The molecule has 2 aromatic rings. The monoisotopic (exact) mass is 290 g/mol. The second-order valence-corrected chi connectivity index (χ2v) is 5.44. The van der Waals surface area contributed by atoms with Crippen molar-refractivity contribution in [1.29, 1.82) is 0 Å². The second kappa shape index (κ2) is 5.29. The van der Waals surface area contributed by atoms with Crippen molar-refractivity contribution in [2.45, 2.75) is 31.6 Å². The van der Waals surface area contributed by atoms with E-state index in [9.17, 15) is 9.90 Å². The normalized spacial score (nSPS) is 15.7. The van der Waals surface area contributed by atoms with Crippen LogP contribution in [0.4, 0.5) is 0 Å². The lowest BCUT2D eigenvalue weighted by molar-refractivity contribution is 0.0688. The van der Waals surface area contributed by atoms with Gasteiger partial charge in [-0.3, -0.25) is 0 Å². The molecule has 0 amide bonds. The van der Waals surface area contributed by atoms with E-state index in [1.54, 1.807) is 0 Å². The molecule has 0 saturated heterocycles. The van der Waals surface area contributed by atoms with Gasteiger partial charge >= 0.3 is 5.97 Å². The van der Waals surface area contributed by atoms with Gasteiger partial charge in [-0.15, -0.1) is 0 Å². The van der Waals surface area contributed by atoms with E-state index in [4.69, 9.17) is 11.6 Å². The first-order chi connectivity index (χ1) is 9.68. The number of carbonyl (C=O) groups is 1. The predicted molar refractivity (Wildman–Crippen MR) is 76.7 cm³/mol. The molecule has 0 atom stereocenters. The van der Waals surface area contributed by atoms with Gasteiger partial charge in [0, 0.05) is 5.56 Å². The highest BCUT2D eigenvalue weighted by Crippen LogP contribution is 2.40. The minimum Gasteiger partial charge on any atom is -0.476 e. The van der Waals surface area contributed by atoms with Crippen molar-refractivity contribution in [2.75, 3.05) is 0 Å². The maximum Gasteiger partial charge on any atom is 0.356 e. The lowest BCUT2D eigenvalue weighted by Crippen LogP contribution is -2.04. The number of hydrogen-bond donors (Lipinski definition) is 1. The average Bonchev–Trinajstić information content (AvgIpc) is 3.06. The van der Waals surface area contributed by atoms with E-state index in [2.05, 4.69) is 5.10 Å². The lowest BCUT2D eigenvalue weighted by Gasteiger charge is -2.08. The molecule has 1 N–H and O–H groups in total. The minimum atomic E-state index is -1.01. The average molecular weight is 291 g/mol. The summed E-state index contributed by atoms with van der Waals surface area (Å²) in [6, 6.07) is 9.38. The summed E-state index contributed by atoms with van der Waals surface area (Å²) in [5.74, 6) is -0.797. The number of rotatable bonds is 3. The van der Waals surface area contributed by atoms with Crippen LogP contribution in [0.1, 0.15) is 47.7 Å². The molecule has 5 heteroatoms. The summed E-state index contributed by atoms with van der Waals surface area (Å²) in [6.45, 7) is 0. The summed E-state index contributed by atoms with van der Waals surface area (Å²) >= 11 is 6.43. The Labute approximate surface area is 122 Å². The van der Waals surface area contributed by atoms with Crippen molar-refractivity contribution in [1.82, 2.24) is 9.78 Å². The zero-order chi connectivity index (χ0) is 14.1. The molecular formula is C15H15ClN2O2. The molecule has 1 aliphatic carbocycles. The van der Waals surface area contributed by atoms with Crippen molar-refractivity contribution in [3.05, 3.63) is 46.7 Å². The van der Waals surface area contributed by atoms with Crippen LogP contribution in [0.15, 0.2) is 30.3 Å². The molecule has 20 heavy (non-hydrogen) atoms. The molecule has 0 unspecified atom stereocenters. The Kier molecular flexibility index (Phi) is 3.49. The lowest BCUT2D eigenvalue weighted by atomic mass is 9.98. The van der Waals surface area contributed by atoms with Crippen LogP contribution < -0.4 is 0 Å². The third-order valence-electron chi connectivity index (χ3n) is 3.83. The van der Waals surface area contributed by atoms with E-state index in [0.717, 1.165) is 31.4 Å². The summed E-state index contributed by atoms with van der Waals surface area (Å²) in [4.78, 5) is 11.4. The maximum atomic E-state index is 11.4. The molecule has 0 spiro atoms. The minimum absolute atomic E-state index is 0.0887. The molecule has 3 rings (SSSR count). The number of halogens is 1. The zero-order valence-electron chi connectivity index (χ0n) is 10.9. The van der Waals surface area contributed by atoms with Gasteiger partial charge in [0.05, 0.1) is 5.69 Å². The Balaban J connectivity index is 2.13.